The molecule has 1 heterocycles. The fourth-order valence-electron chi connectivity index (χ4n) is 1.70. The highest BCUT2D eigenvalue weighted by Crippen LogP contribution is 2.16. The van der Waals surface area contributed by atoms with E-state index in [9.17, 15) is 4.79 Å². The van der Waals surface area contributed by atoms with Crippen molar-refractivity contribution in [3.05, 3.63) is 26.3 Å². The van der Waals surface area contributed by atoms with E-state index < -0.39 is 0 Å². The molecule has 0 unspecified atom stereocenters. The zero-order chi connectivity index (χ0) is 12.8. The Hall–Kier alpha value is -0.680. The molecule has 0 radical (unpaired) electrons. The zero-order valence-electron chi connectivity index (χ0n) is 10.7. The summed E-state index contributed by atoms with van der Waals surface area (Å²) in [5.74, 6) is 0. The van der Waals surface area contributed by atoms with Crippen LogP contribution >= 0.6 is 15.9 Å². The third-order valence-corrected chi connectivity index (χ3v) is 3.84. The third kappa shape index (κ3) is 3.92. The Morgan fingerprint density at radius 3 is 2.71 bits per heavy atom. The second-order valence-corrected chi connectivity index (χ2v) is 4.93. The Bertz CT molecular complexity index is 428. The normalized spacial score (nSPS) is 10.8. The van der Waals surface area contributed by atoms with Gasteiger partial charge in [0.05, 0.1) is 10.2 Å². The first-order chi connectivity index (χ1) is 8.07. The highest BCUT2D eigenvalue weighted by Gasteiger charge is 2.08. The summed E-state index contributed by atoms with van der Waals surface area (Å²) in [7, 11) is 0. The molecule has 5 heteroatoms. The van der Waals surface area contributed by atoms with Gasteiger partial charge in [-0.1, -0.05) is 6.92 Å². The van der Waals surface area contributed by atoms with Crippen molar-refractivity contribution in [3.63, 3.8) is 0 Å². The van der Waals surface area contributed by atoms with Crippen LogP contribution in [0, 0.1) is 13.8 Å². The van der Waals surface area contributed by atoms with Crippen LogP contribution in [0.3, 0.4) is 0 Å². The molecule has 1 aromatic rings. The summed E-state index contributed by atoms with van der Waals surface area (Å²) in [5.41, 5.74) is 1.56. The van der Waals surface area contributed by atoms with E-state index in [1.807, 2.05) is 13.8 Å². The maximum Gasteiger partial charge on any atom is 0.348 e. The van der Waals surface area contributed by atoms with Crippen LogP contribution in [0.4, 0.5) is 0 Å². The Balaban J connectivity index is 2.65. The fraction of sp³-hybridized carbons (Fsp3) is 0.667. The number of hydrogen-bond donors (Lipinski definition) is 1. The van der Waals surface area contributed by atoms with Crippen molar-refractivity contribution in [2.45, 2.75) is 40.2 Å². The lowest BCUT2D eigenvalue weighted by molar-refractivity contribution is 0.549. The van der Waals surface area contributed by atoms with E-state index in [0.29, 0.717) is 6.54 Å². The van der Waals surface area contributed by atoms with Gasteiger partial charge < -0.3 is 5.32 Å². The van der Waals surface area contributed by atoms with Crippen LogP contribution in [-0.4, -0.2) is 22.6 Å². The summed E-state index contributed by atoms with van der Waals surface area (Å²) in [6.07, 6.45) is 2.08. The predicted octanol–water partition coefficient (Wildman–Crippen LogP) is 2.01. The van der Waals surface area contributed by atoms with Crippen molar-refractivity contribution < 1.29 is 0 Å². The van der Waals surface area contributed by atoms with Crippen LogP contribution in [0.1, 0.15) is 31.2 Å². The monoisotopic (exact) mass is 301 g/mol. The molecule has 1 aromatic heterocycles. The first-order valence-electron chi connectivity index (χ1n) is 6.02. The molecule has 17 heavy (non-hydrogen) atoms. The fourth-order valence-corrected chi connectivity index (χ4v) is 2.01. The van der Waals surface area contributed by atoms with E-state index in [2.05, 4.69) is 33.2 Å². The molecule has 0 amide bonds. The molecule has 0 atom stereocenters. The molecular formula is C12H20BrN3O. The molecule has 4 nitrogen and oxygen atoms in total. The van der Waals surface area contributed by atoms with E-state index in [1.165, 1.54) is 0 Å². The van der Waals surface area contributed by atoms with Gasteiger partial charge in [-0.25, -0.2) is 4.79 Å². The summed E-state index contributed by atoms with van der Waals surface area (Å²) in [6.45, 7) is 8.61. The van der Waals surface area contributed by atoms with E-state index >= 15 is 0 Å². The lowest BCUT2D eigenvalue weighted by atomic mass is 10.3. The molecular weight excluding hydrogens is 282 g/mol. The van der Waals surface area contributed by atoms with Gasteiger partial charge in [-0.3, -0.25) is 4.57 Å². The van der Waals surface area contributed by atoms with E-state index in [-0.39, 0.29) is 5.69 Å². The van der Waals surface area contributed by atoms with Crippen molar-refractivity contribution >= 4 is 15.9 Å². The minimum atomic E-state index is -0.154. The summed E-state index contributed by atoms with van der Waals surface area (Å²) < 4.78 is 2.66. The lowest BCUT2D eigenvalue weighted by Gasteiger charge is -2.12. The van der Waals surface area contributed by atoms with Crippen LogP contribution in [0.2, 0.25) is 0 Å². The molecule has 0 bridgehead atoms. The largest absolute Gasteiger partial charge is 0.348 e. The number of hydrogen-bond acceptors (Lipinski definition) is 3. The Morgan fingerprint density at radius 1 is 1.35 bits per heavy atom. The Labute approximate surface area is 111 Å². The van der Waals surface area contributed by atoms with Crippen LogP contribution in [0.5, 0.6) is 0 Å². The average molecular weight is 302 g/mol. The van der Waals surface area contributed by atoms with Crippen LogP contribution in [0.15, 0.2) is 9.27 Å². The van der Waals surface area contributed by atoms with Gasteiger partial charge in [0.15, 0.2) is 0 Å². The molecule has 0 aliphatic heterocycles. The van der Waals surface area contributed by atoms with Gasteiger partial charge in [0.25, 0.3) is 0 Å². The highest BCUT2D eigenvalue weighted by molar-refractivity contribution is 9.10. The molecule has 96 valence electrons. The van der Waals surface area contributed by atoms with Gasteiger partial charge in [0.2, 0.25) is 0 Å². The number of halogens is 1. The van der Waals surface area contributed by atoms with Gasteiger partial charge in [0, 0.05) is 12.2 Å². The van der Waals surface area contributed by atoms with Crippen molar-refractivity contribution in [2.24, 2.45) is 0 Å². The summed E-state index contributed by atoms with van der Waals surface area (Å²) in [4.78, 5) is 15.7. The molecule has 0 saturated heterocycles. The van der Waals surface area contributed by atoms with E-state index in [0.717, 1.165) is 41.8 Å². The topological polar surface area (TPSA) is 46.9 Å². The molecule has 0 fully saturated rings. The minimum Gasteiger partial charge on any atom is -0.317 e. The predicted molar refractivity (Wildman–Crippen MR) is 73.4 cm³/mol. The van der Waals surface area contributed by atoms with Gasteiger partial charge in [-0.15, -0.1) is 0 Å². The number of rotatable bonds is 6. The van der Waals surface area contributed by atoms with Gasteiger partial charge in [-0.05, 0) is 55.7 Å². The number of nitrogens with zero attached hydrogens (tertiary/aromatic N) is 2. The summed E-state index contributed by atoms with van der Waals surface area (Å²) in [5, 5.41) is 3.32. The number of aryl methyl sites for hydroxylation is 1. The minimum absolute atomic E-state index is 0.154. The smallest absolute Gasteiger partial charge is 0.317 e. The lowest BCUT2D eigenvalue weighted by Crippen LogP contribution is -2.28. The van der Waals surface area contributed by atoms with Crippen LogP contribution < -0.4 is 11.0 Å². The Kier molecular flexibility index (Phi) is 5.85. The SMILES string of the molecule is CCCNCCCn1c(C)c(Br)c(C)nc1=O. The second-order valence-electron chi connectivity index (χ2n) is 4.13. The third-order valence-electron chi connectivity index (χ3n) is 2.70. The van der Waals surface area contributed by atoms with Crippen molar-refractivity contribution in [1.82, 2.24) is 14.9 Å². The molecule has 1 rings (SSSR count). The standard InChI is InChI=1S/C12H20BrN3O/c1-4-6-14-7-5-8-16-10(3)11(13)9(2)15-12(16)17/h14H,4-8H2,1-3H3. The molecule has 0 aliphatic carbocycles. The average Bonchev–Trinajstić information content (AvgIpc) is 2.30. The Morgan fingerprint density at radius 2 is 2.06 bits per heavy atom. The van der Waals surface area contributed by atoms with Crippen molar-refractivity contribution in [1.29, 1.82) is 0 Å². The molecule has 0 aliphatic rings. The summed E-state index contributed by atoms with van der Waals surface area (Å²) in [6, 6.07) is 0. The molecule has 0 spiro atoms. The molecule has 0 aromatic carbocycles. The van der Waals surface area contributed by atoms with Crippen molar-refractivity contribution in [2.75, 3.05) is 13.1 Å². The van der Waals surface area contributed by atoms with Crippen LogP contribution in [-0.2, 0) is 6.54 Å². The molecule has 0 saturated carbocycles. The zero-order valence-corrected chi connectivity index (χ0v) is 12.3. The van der Waals surface area contributed by atoms with Gasteiger partial charge >= 0.3 is 5.69 Å². The number of aromatic nitrogens is 2. The first kappa shape index (κ1) is 14.4. The van der Waals surface area contributed by atoms with Gasteiger partial charge in [0.1, 0.15) is 0 Å². The maximum atomic E-state index is 11.7. The molecule has 1 N–H and O–H groups in total. The quantitative estimate of drug-likeness (QED) is 0.818. The van der Waals surface area contributed by atoms with Crippen LogP contribution in [0.25, 0.3) is 0 Å². The second kappa shape index (κ2) is 6.91. The number of nitrogens with one attached hydrogen (secondary N) is 1. The first-order valence-corrected chi connectivity index (χ1v) is 6.81. The maximum absolute atomic E-state index is 11.7. The summed E-state index contributed by atoms with van der Waals surface area (Å²) >= 11 is 3.46. The van der Waals surface area contributed by atoms with Crippen molar-refractivity contribution in [3.8, 4) is 0 Å². The van der Waals surface area contributed by atoms with E-state index in [4.69, 9.17) is 0 Å². The highest BCUT2D eigenvalue weighted by atomic mass is 79.9. The van der Waals surface area contributed by atoms with Gasteiger partial charge in [-0.2, -0.15) is 4.98 Å². The van der Waals surface area contributed by atoms with E-state index in [1.54, 1.807) is 4.57 Å².